The van der Waals surface area contributed by atoms with Crippen LogP contribution in [0.4, 0.5) is 0 Å². The Kier molecular flexibility index (Phi) is 4.45. The van der Waals surface area contributed by atoms with Gasteiger partial charge in [0.1, 0.15) is 10.8 Å². The Balaban J connectivity index is 2.44. The summed E-state index contributed by atoms with van der Waals surface area (Å²) >= 11 is 1.64. The summed E-state index contributed by atoms with van der Waals surface area (Å²) < 4.78 is 0. The van der Waals surface area contributed by atoms with Gasteiger partial charge in [-0.1, -0.05) is 13.8 Å². The molecule has 0 aliphatic carbocycles. The van der Waals surface area contributed by atoms with Crippen molar-refractivity contribution in [2.24, 2.45) is 5.92 Å². The lowest BCUT2D eigenvalue weighted by Crippen LogP contribution is -2.04. The highest BCUT2D eigenvalue weighted by atomic mass is 32.1. The highest BCUT2D eigenvalue weighted by molar-refractivity contribution is 7.11. The van der Waals surface area contributed by atoms with Crippen LogP contribution < -0.4 is 0 Å². The zero-order chi connectivity index (χ0) is 11.4. The molecule has 0 unspecified atom stereocenters. The van der Waals surface area contributed by atoms with E-state index in [1.165, 1.54) is 4.88 Å². The Hall–Kier alpha value is -0.700. The second kappa shape index (κ2) is 5.40. The van der Waals surface area contributed by atoms with Crippen molar-refractivity contribution in [2.45, 2.75) is 47.0 Å². The smallest absolute Gasteiger partial charge is 0.139 e. The summed E-state index contributed by atoms with van der Waals surface area (Å²) in [7, 11) is 0. The second-order valence-corrected chi connectivity index (χ2v) is 5.68. The van der Waals surface area contributed by atoms with Crippen molar-refractivity contribution in [1.82, 2.24) is 4.98 Å². The molecule has 0 aromatic carbocycles. The van der Waals surface area contributed by atoms with Crippen LogP contribution in [-0.2, 0) is 11.2 Å². The number of hydrogen-bond acceptors (Lipinski definition) is 3. The molecule has 1 aromatic heterocycles. The predicted octanol–water partition coefficient (Wildman–Crippen LogP) is 3.31. The Labute approximate surface area is 95.7 Å². The molecule has 0 N–H and O–H groups in total. The van der Waals surface area contributed by atoms with Crippen LogP contribution >= 0.6 is 11.3 Å². The average molecular weight is 225 g/mol. The summed E-state index contributed by atoms with van der Waals surface area (Å²) in [4.78, 5) is 17.2. The molecule has 0 bridgehead atoms. The van der Waals surface area contributed by atoms with Gasteiger partial charge in [-0.2, -0.15) is 0 Å². The van der Waals surface area contributed by atoms with Crippen LogP contribution in [-0.4, -0.2) is 10.8 Å². The molecule has 0 aliphatic heterocycles. The van der Waals surface area contributed by atoms with Gasteiger partial charge in [0, 0.05) is 11.3 Å². The summed E-state index contributed by atoms with van der Waals surface area (Å²) in [5.41, 5.74) is 1.06. The number of aromatic nitrogens is 1. The van der Waals surface area contributed by atoms with Crippen molar-refractivity contribution in [1.29, 1.82) is 0 Å². The molecule has 84 valence electrons. The standard InChI is InChI=1S/C12H19NOS/c1-8(2)5-6-11(14)7-12-13-9(3)10(4)15-12/h8H,5-7H2,1-4H3. The van der Waals surface area contributed by atoms with Crippen molar-refractivity contribution in [3.05, 3.63) is 15.6 Å². The minimum absolute atomic E-state index is 0.317. The van der Waals surface area contributed by atoms with Crippen LogP contribution in [0.1, 0.15) is 42.3 Å². The molecule has 0 saturated carbocycles. The third kappa shape index (κ3) is 4.12. The first-order valence-corrected chi connectivity index (χ1v) is 6.25. The van der Waals surface area contributed by atoms with Gasteiger partial charge in [0.05, 0.1) is 12.1 Å². The number of hydrogen-bond donors (Lipinski definition) is 0. The number of thiazole rings is 1. The largest absolute Gasteiger partial charge is 0.299 e. The lowest BCUT2D eigenvalue weighted by molar-refractivity contribution is -0.118. The van der Waals surface area contributed by atoms with E-state index in [0.717, 1.165) is 17.1 Å². The van der Waals surface area contributed by atoms with E-state index in [0.29, 0.717) is 24.5 Å². The molecule has 1 aromatic rings. The Morgan fingerprint density at radius 1 is 1.40 bits per heavy atom. The van der Waals surface area contributed by atoms with Crippen LogP contribution in [0.25, 0.3) is 0 Å². The second-order valence-electron chi connectivity index (χ2n) is 4.40. The fraction of sp³-hybridized carbons (Fsp3) is 0.667. The van der Waals surface area contributed by atoms with Crippen LogP contribution in [0.3, 0.4) is 0 Å². The highest BCUT2D eigenvalue weighted by Gasteiger charge is 2.09. The maximum absolute atomic E-state index is 11.6. The van der Waals surface area contributed by atoms with E-state index in [9.17, 15) is 4.79 Å². The molecular formula is C12H19NOS. The van der Waals surface area contributed by atoms with Gasteiger partial charge in [-0.15, -0.1) is 11.3 Å². The van der Waals surface area contributed by atoms with Gasteiger partial charge in [0.15, 0.2) is 0 Å². The molecule has 1 rings (SSSR count). The molecule has 0 aliphatic rings. The zero-order valence-electron chi connectivity index (χ0n) is 9.96. The molecule has 2 nitrogen and oxygen atoms in total. The summed E-state index contributed by atoms with van der Waals surface area (Å²) in [6.45, 7) is 8.33. The van der Waals surface area contributed by atoms with Crippen LogP contribution in [0.2, 0.25) is 0 Å². The van der Waals surface area contributed by atoms with E-state index in [-0.39, 0.29) is 0 Å². The molecule has 0 saturated heterocycles. The van der Waals surface area contributed by atoms with E-state index in [1.54, 1.807) is 11.3 Å². The molecule has 3 heteroatoms. The molecular weight excluding hydrogens is 206 g/mol. The number of rotatable bonds is 5. The van der Waals surface area contributed by atoms with E-state index < -0.39 is 0 Å². The van der Waals surface area contributed by atoms with Crippen LogP contribution in [0.15, 0.2) is 0 Å². The molecule has 0 atom stereocenters. The van der Waals surface area contributed by atoms with Gasteiger partial charge < -0.3 is 0 Å². The first-order valence-electron chi connectivity index (χ1n) is 5.43. The molecule has 0 spiro atoms. The van der Waals surface area contributed by atoms with Crippen molar-refractivity contribution in [2.75, 3.05) is 0 Å². The molecule has 0 fully saturated rings. The van der Waals surface area contributed by atoms with E-state index in [2.05, 4.69) is 25.8 Å². The minimum Gasteiger partial charge on any atom is -0.299 e. The molecule has 0 amide bonds. The summed E-state index contributed by atoms with van der Waals surface area (Å²) in [6.07, 6.45) is 2.20. The fourth-order valence-corrected chi connectivity index (χ4v) is 2.28. The van der Waals surface area contributed by atoms with Crippen molar-refractivity contribution in [3.8, 4) is 0 Å². The van der Waals surface area contributed by atoms with Crippen LogP contribution in [0, 0.1) is 19.8 Å². The quantitative estimate of drug-likeness (QED) is 0.769. The van der Waals surface area contributed by atoms with Gasteiger partial charge in [0.25, 0.3) is 0 Å². The van der Waals surface area contributed by atoms with Gasteiger partial charge >= 0.3 is 0 Å². The maximum atomic E-state index is 11.6. The number of aryl methyl sites for hydroxylation is 2. The summed E-state index contributed by atoms with van der Waals surface area (Å²) in [5.74, 6) is 0.922. The zero-order valence-corrected chi connectivity index (χ0v) is 10.8. The van der Waals surface area contributed by atoms with Crippen molar-refractivity contribution in [3.63, 3.8) is 0 Å². The van der Waals surface area contributed by atoms with E-state index in [1.807, 2.05) is 6.92 Å². The first-order chi connectivity index (χ1) is 6.99. The molecule has 1 heterocycles. The average Bonchev–Trinajstić information content (AvgIpc) is 2.42. The molecule has 15 heavy (non-hydrogen) atoms. The first kappa shape index (κ1) is 12.4. The summed E-state index contributed by atoms with van der Waals surface area (Å²) in [5, 5.41) is 0.971. The van der Waals surface area contributed by atoms with Crippen molar-refractivity contribution < 1.29 is 4.79 Å². The number of nitrogens with zero attached hydrogens (tertiary/aromatic N) is 1. The van der Waals surface area contributed by atoms with Gasteiger partial charge in [-0.3, -0.25) is 4.79 Å². The third-order valence-electron chi connectivity index (χ3n) is 2.42. The Morgan fingerprint density at radius 3 is 2.53 bits per heavy atom. The minimum atomic E-state index is 0.317. The van der Waals surface area contributed by atoms with Gasteiger partial charge in [0.2, 0.25) is 0 Å². The topological polar surface area (TPSA) is 30.0 Å². The monoisotopic (exact) mass is 225 g/mol. The Bertz CT molecular complexity index is 322. The Morgan fingerprint density at radius 2 is 2.07 bits per heavy atom. The van der Waals surface area contributed by atoms with Gasteiger partial charge in [-0.25, -0.2) is 4.98 Å². The van der Waals surface area contributed by atoms with Crippen molar-refractivity contribution >= 4 is 17.1 Å². The SMILES string of the molecule is Cc1nc(CC(=O)CCC(C)C)sc1C. The number of carbonyl (C=O) groups is 1. The normalized spacial score (nSPS) is 11.0. The molecule has 0 radical (unpaired) electrons. The summed E-state index contributed by atoms with van der Waals surface area (Å²) in [6, 6.07) is 0. The predicted molar refractivity (Wildman–Crippen MR) is 64.4 cm³/mol. The van der Waals surface area contributed by atoms with E-state index >= 15 is 0 Å². The lowest BCUT2D eigenvalue weighted by atomic mass is 10.0. The van der Waals surface area contributed by atoms with Gasteiger partial charge in [-0.05, 0) is 26.2 Å². The third-order valence-corrected chi connectivity index (χ3v) is 3.49. The maximum Gasteiger partial charge on any atom is 0.139 e. The number of carbonyl (C=O) groups excluding carboxylic acids is 1. The van der Waals surface area contributed by atoms with E-state index in [4.69, 9.17) is 0 Å². The number of ketones is 1. The lowest BCUT2D eigenvalue weighted by Gasteiger charge is -2.01. The fourth-order valence-electron chi connectivity index (χ4n) is 1.32. The highest BCUT2D eigenvalue weighted by Crippen LogP contribution is 2.18. The number of Topliss-reactive ketones (excluding diaryl/α,β-unsaturated/α-hetero) is 1. The van der Waals surface area contributed by atoms with Crippen LogP contribution in [0.5, 0.6) is 0 Å².